The molecule has 0 heterocycles. The summed E-state index contributed by atoms with van der Waals surface area (Å²) in [6.45, 7) is 3.46. The number of nitrogens with one attached hydrogen (secondary N) is 1. The van der Waals surface area contributed by atoms with E-state index in [1.807, 2.05) is 0 Å². The van der Waals surface area contributed by atoms with Crippen LogP contribution in [0.5, 0.6) is 0 Å². The van der Waals surface area contributed by atoms with Gasteiger partial charge in [-0.3, -0.25) is 0 Å². The second-order valence-electron chi connectivity index (χ2n) is 7.76. The summed E-state index contributed by atoms with van der Waals surface area (Å²) in [5.74, 6) is 1.44. The molecule has 3 rings (SSSR count). The van der Waals surface area contributed by atoms with Crippen molar-refractivity contribution in [1.29, 1.82) is 0 Å². The van der Waals surface area contributed by atoms with Gasteiger partial charge in [0.2, 0.25) is 0 Å². The molecule has 1 saturated carbocycles. The van der Waals surface area contributed by atoms with Gasteiger partial charge in [0.1, 0.15) is 0 Å². The van der Waals surface area contributed by atoms with E-state index in [0.29, 0.717) is 12.0 Å². The van der Waals surface area contributed by atoms with Crippen molar-refractivity contribution < 1.29 is 0 Å². The Labute approximate surface area is 166 Å². The van der Waals surface area contributed by atoms with Crippen LogP contribution < -0.4 is 5.32 Å². The molecule has 1 aliphatic rings. The van der Waals surface area contributed by atoms with Crippen LogP contribution in [0.25, 0.3) is 0 Å². The molecule has 142 valence electrons. The molecule has 0 aromatic heterocycles. The van der Waals surface area contributed by atoms with Gasteiger partial charge in [0.25, 0.3) is 0 Å². The zero-order chi connectivity index (χ0) is 17.3. The molecule has 1 nitrogen and oxygen atoms in total. The molecule has 1 fully saturated rings. The predicted molar refractivity (Wildman–Crippen MR) is 115 cm³/mol. The Bertz CT molecular complexity index is 553. The monoisotopic (exact) mass is 371 g/mol. The van der Waals surface area contributed by atoms with E-state index in [1.54, 1.807) is 0 Å². The average molecular weight is 372 g/mol. The van der Waals surface area contributed by atoms with Gasteiger partial charge in [-0.1, -0.05) is 92.8 Å². The van der Waals surface area contributed by atoms with Gasteiger partial charge in [-0.15, -0.1) is 12.4 Å². The smallest absolute Gasteiger partial charge is 0.0101 e. The molecule has 0 unspecified atom stereocenters. The Balaban J connectivity index is 0.00000243. The molecule has 0 bridgehead atoms. The van der Waals surface area contributed by atoms with E-state index in [9.17, 15) is 0 Å². The van der Waals surface area contributed by atoms with Crippen LogP contribution >= 0.6 is 12.4 Å². The number of halogens is 1. The zero-order valence-electron chi connectivity index (χ0n) is 16.1. The molecule has 0 aliphatic heterocycles. The van der Waals surface area contributed by atoms with Gasteiger partial charge in [0.15, 0.2) is 0 Å². The molecule has 2 heteroatoms. The third-order valence-corrected chi connectivity index (χ3v) is 5.74. The first-order valence-corrected chi connectivity index (χ1v) is 10.2. The molecule has 2 aromatic carbocycles. The maximum atomic E-state index is 3.80. The predicted octanol–water partition coefficient (Wildman–Crippen LogP) is 6.58. The van der Waals surface area contributed by atoms with E-state index in [2.05, 4.69) is 72.9 Å². The van der Waals surface area contributed by atoms with E-state index in [1.165, 1.54) is 49.7 Å². The second kappa shape index (κ2) is 11.4. The van der Waals surface area contributed by atoms with E-state index in [0.717, 1.165) is 18.9 Å². The Morgan fingerprint density at radius 3 is 1.92 bits per heavy atom. The van der Waals surface area contributed by atoms with Crippen LogP contribution in [0.15, 0.2) is 60.7 Å². The average Bonchev–Trinajstić information content (AvgIpc) is 2.67. The van der Waals surface area contributed by atoms with Crippen LogP contribution in [-0.2, 0) is 0 Å². The van der Waals surface area contributed by atoms with Crippen molar-refractivity contribution in [2.75, 3.05) is 6.54 Å². The fraction of sp³-hybridized carbons (Fsp3) is 0.500. The first-order chi connectivity index (χ1) is 12.3. The zero-order valence-corrected chi connectivity index (χ0v) is 16.9. The molecule has 0 radical (unpaired) electrons. The fourth-order valence-corrected chi connectivity index (χ4v) is 4.38. The summed E-state index contributed by atoms with van der Waals surface area (Å²) in [6, 6.07) is 22.5. The maximum absolute atomic E-state index is 3.80. The number of hydrogen-bond acceptors (Lipinski definition) is 1. The van der Waals surface area contributed by atoms with Gasteiger partial charge in [-0.25, -0.2) is 0 Å². The Kier molecular flexibility index (Phi) is 9.22. The van der Waals surface area contributed by atoms with Crippen LogP contribution in [0.3, 0.4) is 0 Å². The number of rotatable bonds is 8. The minimum atomic E-state index is 0. The molecule has 2 aromatic rings. The summed E-state index contributed by atoms with van der Waals surface area (Å²) in [6.07, 6.45) is 9.74. The van der Waals surface area contributed by atoms with Crippen LogP contribution in [0.4, 0.5) is 0 Å². The lowest BCUT2D eigenvalue weighted by molar-refractivity contribution is 0.304. The van der Waals surface area contributed by atoms with Crippen molar-refractivity contribution >= 4 is 12.4 Å². The first kappa shape index (κ1) is 21.0. The minimum Gasteiger partial charge on any atom is -0.314 e. The van der Waals surface area contributed by atoms with Crippen molar-refractivity contribution in [3.8, 4) is 0 Å². The quantitative estimate of drug-likeness (QED) is 0.552. The van der Waals surface area contributed by atoms with Crippen molar-refractivity contribution in [2.24, 2.45) is 5.92 Å². The third-order valence-electron chi connectivity index (χ3n) is 5.74. The summed E-state index contributed by atoms with van der Waals surface area (Å²) in [5.41, 5.74) is 2.85. The van der Waals surface area contributed by atoms with Crippen LogP contribution in [0.2, 0.25) is 0 Å². The largest absolute Gasteiger partial charge is 0.314 e. The number of benzene rings is 2. The maximum Gasteiger partial charge on any atom is 0.0101 e. The van der Waals surface area contributed by atoms with Crippen molar-refractivity contribution in [1.82, 2.24) is 5.32 Å². The van der Waals surface area contributed by atoms with Crippen LogP contribution in [0, 0.1) is 5.92 Å². The molecule has 1 atom stereocenters. The van der Waals surface area contributed by atoms with Gasteiger partial charge in [-0.05, 0) is 43.4 Å². The highest BCUT2D eigenvalue weighted by Gasteiger charge is 2.17. The summed E-state index contributed by atoms with van der Waals surface area (Å²) in [7, 11) is 0. The lowest BCUT2D eigenvalue weighted by Crippen LogP contribution is -2.30. The Morgan fingerprint density at radius 1 is 0.846 bits per heavy atom. The van der Waals surface area contributed by atoms with Crippen LogP contribution in [-0.4, -0.2) is 12.6 Å². The number of hydrogen-bond donors (Lipinski definition) is 1. The summed E-state index contributed by atoms with van der Waals surface area (Å²) in [5, 5.41) is 3.80. The molecule has 1 aliphatic carbocycles. The lowest BCUT2D eigenvalue weighted by atomic mass is 9.85. The summed E-state index contributed by atoms with van der Waals surface area (Å²) in [4.78, 5) is 0. The molecule has 0 saturated heterocycles. The van der Waals surface area contributed by atoms with Crippen LogP contribution in [0.1, 0.15) is 68.9 Å². The van der Waals surface area contributed by atoms with Gasteiger partial charge >= 0.3 is 0 Å². The van der Waals surface area contributed by atoms with E-state index in [-0.39, 0.29) is 12.4 Å². The highest BCUT2D eigenvalue weighted by Crippen LogP contribution is 2.29. The normalized spacial score (nSPS) is 16.2. The molecule has 0 spiro atoms. The molecule has 1 N–H and O–H groups in total. The van der Waals surface area contributed by atoms with Gasteiger partial charge < -0.3 is 5.32 Å². The molecular weight excluding hydrogens is 338 g/mol. The first-order valence-electron chi connectivity index (χ1n) is 10.2. The van der Waals surface area contributed by atoms with Gasteiger partial charge in [0, 0.05) is 12.0 Å². The third kappa shape index (κ3) is 6.45. The van der Waals surface area contributed by atoms with Crippen molar-refractivity contribution in [2.45, 2.75) is 63.8 Å². The highest BCUT2D eigenvalue weighted by molar-refractivity contribution is 5.85. The molecular formula is C24H34ClN. The van der Waals surface area contributed by atoms with E-state index >= 15 is 0 Å². The highest BCUT2D eigenvalue weighted by atomic mass is 35.5. The van der Waals surface area contributed by atoms with Gasteiger partial charge in [0.05, 0.1) is 0 Å². The van der Waals surface area contributed by atoms with E-state index in [4.69, 9.17) is 0 Å². The van der Waals surface area contributed by atoms with Gasteiger partial charge in [-0.2, -0.15) is 0 Å². The summed E-state index contributed by atoms with van der Waals surface area (Å²) < 4.78 is 0. The van der Waals surface area contributed by atoms with Crippen molar-refractivity contribution in [3.05, 3.63) is 71.8 Å². The molecule has 0 amide bonds. The summed E-state index contributed by atoms with van der Waals surface area (Å²) >= 11 is 0. The standard InChI is InChI=1S/C24H33N.ClH/c1-20(19-21-11-5-2-6-12-21)25-18-17-24(22-13-7-3-8-14-22)23-15-9-4-10-16-23;/h3-4,7-10,13-16,20-21,24-25H,2,5-6,11-12,17-19H2,1H3;1H/t20-;/m1./s1. The van der Waals surface area contributed by atoms with E-state index < -0.39 is 0 Å². The van der Waals surface area contributed by atoms with Crippen molar-refractivity contribution in [3.63, 3.8) is 0 Å². The Hall–Kier alpha value is -1.31. The molecule has 26 heavy (non-hydrogen) atoms. The second-order valence-corrected chi connectivity index (χ2v) is 7.76. The fourth-order valence-electron chi connectivity index (χ4n) is 4.38. The topological polar surface area (TPSA) is 12.0 Å². The minimum absolute atomic E-state index is 0. The Morgan fingerprint density at radius 2 is 1.38 bits per heavy atom. The SMILES string of the molecule is C[C@H](CC1CCCCC1)NCCC(c1ccccc1)c1ccccc1.Cl. The lowest BCUT2D eigenvalue weighted by Gasteiger charge is -2.26.